The largest absolute Gasteiger partial charge is 0.394 e. The van der Waals surface area contributed by atoms with E-state index in [1.54, 1.807) is 0 Å². The molecule has 0 aliphatic carbocycles. The van der Waals surface area contributed by atoms with E-state index >= 15 is 0 Å². The first kappa shape index (κ1) is 22.7. The van der Waals surface area contributed by atoms with Crippen LogP contribution in [0.25, 0.3) is 0 Å². The molecule has 2 aliphatic rings. The van der Waals surface area contributed by atoms with E-state index in [1.807, 2.05) is 49.0 Å². The Morgan fingerprint density at radius 3 is 2.39 bits per heavy atom. The van der Waals surface area contributed by atoms with E-state index in [4.69, 9.17) is 4.74 Å². The Morgan fingerprint density at radius 2 is 1.68 bits per heavy atom. The minimum atomic E-state index is -1.39. The number of hydrogen-bond acceptors (Lipinski definition) is 6. The molecule has 0 radical (unpaired) electrons. The van der Waals surface area contributed by atoms with Crippen molar-refractivity contribution in [2.24, 2.45) is 0 Å². The zero-order valence-electron chi connectivity index (χ0n) is 17.4. The molecule has 4 N–H and O–H groups in total. The van der Waals surface area contributed by atoms with E-state index in [0.717, 1.165) is 41.5 Å². The summed E-state index contributed by atoms with van der Waals surface area (Å²) in [5, 5.41) is 40.8. The number of halogens is 1. The van der Waals surface area contributed by atoms with Crippen molar-refractivity contribution in [1.29, 1.82) is 0 Å². The van der Waals surface area contributed by atoms with Gasteiger partial charge in [-0.15, -0.1) is 0 Å². The summed E-state index contributed by atoms with van der Waals surface area (Å²) in [7, 11) is 0. The monoisotopic (exact) mass is 448 g/mol. The number of hydrogen-bond donors (Lipinski definition) is 4. The number of benzene rings is 2. The first-order valence-corrected chi connectivity index (χ1v) is 11.6. The summed E-state index contributed by atoms with van der Waals surface area (Å²) in [6.07, 6.45) is -2.80. The lowest BCUT2D eigenvalue weighted by Gasteiger charge is -2.40. The van der Waals surface area contributed by atoms with Crippen LogP contribution in [0.15, 0.2) is 42.5 Å². The highest BCUT2D eigenvalue weighted by Crippen LogP contribution is 2.46. The van der Waals surface area contributed by atoms with Crippen LogP contribution in [0.1, 0.15) is 46.4 Å². The second-order valence-electron chi connectivity index (χ2n) is 8.52. The molecular weight excluding hydrogens is 419 g/mol. The van der Waals surface area contributed by atoms with Crippen molar-refractivity contribution in [2.45, 2.75) is 67.2 Å². The van der Waals surface area contributed by atoms with Crippen LogP contribution in [0.3, 0.4) is 0 Å². The SMILES string of the molecule is Cc1ccc([C@@H]2O[C@H](CO)[C@@H](O)[C@H](O)[C@H]2O)cc1C[C@@H]1CC[C@H](c2ccc(F)cc2)S1. The number of rotatable bonds is 5. The second-order valence-corrected chi connectivity index (χ2v) is 10.0. The Bertz CT molecular complexity index is 890. The molecule has 0 saturated carbocycles. The van der Waals surface area contributed by atoms with Gasteiger partial charge in [0.05, 0.1) is 6.61 Å². The summed E-state index contributed by atoms with van der Waals surface area (Å²) in [5.74, 6) is -0.219. The molecule has 168 valence electrons. The summed E-state index contributed by atoms with van der Waals surface area (Å²) in [5.41, 5.74) is 4.15. The van der Waals surface area contributed by atoms with Crippen molar-refractivity contribution in [2.75, 3.05) is 6.61 Å². The predicted octanol–water partition coefficient (Wildman–Crippen LogP) is 2.83. The fourth-order valence-electron chi connectivity index (χ4n) is 4.49. The van der Waals surface area contributed by atoms with Gasteiger partial charge in [0.1, 0.15) is 36.3 Å². The van der Waals surface area contributed by atoms with Crippen molar-refractivity contribution in [3.8, 4) is 0 Å². The molecule has 2 fully saturated rings. The fourth-order valence-corrected chi connectivity index (χ4v) is 6.09. The number of thioether (sulfide) groups is 1. The maximum atomic E-state index is 13.2. The highest BCUT2D eigenvalue weighted by molar-refractivity contribution is 8.00. The zero-order chi connectivity index (χ0) is 22.1. The van der Waals surface area contributed by atoms with Gasteiger partial charge in [0, 0.05) is 10.5 Å². The molecule has 2 aromatic carbocycles. The summed E-state index contributed by atoms with van der Waals surface area (Å²) < 4.78 is 18.9. The molecule has 2 heterocycles. The number of aryl methyl sites for hydroxylation is 1. The van der Waals surface area contributed by atoms with Gasteiger partial charge < -0.3 is 25.2 Å². The predicted molar refractivity (Wildman–Crippen MR) is 117 cm³/mol. The third kappa shape index (κ3) is 4.82. The maximum absolute atomic E-state index is 13.2. The van der Waals surface area contributed by atoms with Crippen LogP contribution in [0.5, 0.6) is 0 Å². The Morgan fingerprint density at radius 1 is 0.968 bits per heavy atom. The van der Waals surface area contributed by atoms with E-state index in [0.29, 0.717) is 10.5 Å². The average molecular weight is 449 g/mol. The molecule has 0 unspecified atom stereocenters. The summed E-state index contributed by atoms with van der Waals surface area (Å²) in [4.78, 5) is 0. The van der Waals surface area contributed by atoms with Crippen LogP contribution >= 0.6 is 11.8 Å². The van der Waals surface area contributed by atoms with Gasteiger partial charge in [-0.05, 0) is 60.6 Å². The summed E-state index contributed by atoms with van der Waals surface area (Å²) >= 11 is 1.91. The van der Waals surface area contributed by atoms with Gasteiger partial charge in [0.25, 0.3) is 0 Å². The smallest absolute Gasteiger partial charge is 0.123 e. The van der Waals surface area contributed by atoms with Crippen LogP contribution in [-0.4, -0.2) is 56.7 Å². The highest BCUT2D eigenvalue weighted by atomic mass is 32.2. The van der Waals surface area contributed by atoms with Crippen molar-refractivity contribution in [3.05, 3.63) is 70.5 Å². The van der Waals surface area contributed by atoms with Crippen LogP contribution in [-0.2, 0) is 11.2 Å². The first-order chi connectivity index (χ1) is 14.9. The summed E-state index contributed by atoms with van der Waals surface area (Å²) in [6, 6.07) is 12.6. The topological polar surface area (TPSA) is 90.2 Å². The van der Waals surface area contributed by atoms with Gasteiger partial charge in [0.2, 0.25) is 0 Å². The van der Waals surface area contributed by atoms with E-state index in [1.165, 1.54) is 12.1 Å². The van der Waals surface area contributed by atoms with Crippen molar-refractivity contribution >= 4 is 11.8 Å². The lowest BCUT2D eigenvalue weighted by atomic mass is 9.89. The second kappa shape index (κ2) is 9.57. The standard InChI is InChI=1S/C24H29FO5S/c1-13-2-3-15(24-23(29)22(28)21(27)19(12-26)30-24)10-16(13)11-18-8-9-20(31-18)14-4-6-17(25)7-5-14/h2-7,10,18-24,26-29H,8-9,11-12H2,1H3/t18-,19+,20+,21+,22-,23+,24-/m0/s1. The number of aliphatic hydroxyl groups is 4. The molecule has 7 heteroatoms. The van der Waals surface area contributed by atoms with Gasteiger partial charge in [-0.1, -0.05) is 30.3 Å². The Kier molecular flexibility index (Phi) is 7.01. The minimum Gasteiger partial charge on any atom is -0.394 e. The Balaban J connectivity index is 1.48. The molecule has 7 atom stereocenters. The van der Waals surface area contributed by atoms with Crippen molar-refractivity contribution < 1.29 is 29.6 Å². The highest BCUT2D eigenvalue weighted by Gasteiger charge is 2.44. The van der Waals surface area contributed by atoms with Crippen molar-refractivity contribution in [1.82, 2.24) is 0 Å². The molecule has 0 amide bonds. The number of ether oxygens (including phenoxy) is 1. The van der Waals surface area contributed by atoms with E-state index in [2.05, 4.69) is 0 Å². The molecule has 0 bridgehead atoms. The zero-order valence-corrected chi connectivity index (χ0v) is 18.2. The van der Waals surface area contributed by atoms with Crippen molar-refractivity contribution in [3.63, 3.8) is 0 Å². The van der Waals surface area contributed by atoms with Gasteiger partial charge in [-0.3, -0.25) is 0 Å². The molecule has 0 spiro atoms. The van der Waals surface area contributed by atoms with E-state index in [9.17, 15) is 24.8 Å². The molecule has 2 aliphatic heterocycles. The molecule has 4 rings (SSSR count). The number of aliphatic hydroxyl groups excluding tert-OH is 4. The molecule has 5 nitrogen and oxygen atoms in total. The normalized spacial score (nSPS) is 33.5. The lowest BCUT2D eigenvalue weighted by molar-refractivity contribution is -0.231. The van der Waals surface area contributed by atoms with Crippen LogP contribution in [0, 0.1) is 12.7 Å². The third-order valence-electron chi connectivity index (χ3n) is 6.39. The quantitative estimate of drug-likeness (QED) is 0.563. The van der Waals surface area contributed by atoms with Gasteiger partial charge >= 0.3 is 0 Å². The van der Waals surface area contributed by atoms with Gasteiger partial charge in [-0.25, -0.2) is 4.39 Å². The van der Waals surface area contributed by atoms with Gasteiger partial charge in [0.15, 0.2) is 0 Å². The molecule has 0 aromatic heterocycles. The molecular formula is C24H29FO5S. The fraction of sp³-hybridized carbons (Fsp3) is 0.500. The summed E-state index contributed by atoms with van der Waals surface area (Å²) in [6.45, 7) is 1.60. The Hall–Kier alpha value is -1.48. The molecule has 2 saturated heterocycles. The molecule has 31 heavy (non-hydrogen) atoms. The minimum absolute atomic E-state index is 0.219. The van der Waals surface area contributed by atoms with Crippen LogP contribution in [0.2, 0.25) is 0 Å². The average Bonchev–Trinajstić information content (AvgIpc) is 3.23. The van der Waals surface area contributed by atoms with Crippen LogP contribution in [0.4, 0.5) is 4.39 Å². The first-order valence-electron chi connectivity index (χ1n) is 10.7. The lowest BCUT2D eigenvalue weighted by Crippen LogP contribution is -2.55. The van der Waals surface area contributed by atoms with E-state index in [-0.39, 0.29) is 5.82 Å². The van der Waals surface area contributed by atoms with E-state index < -0.39 is 37.1 Å². The van der Waals surface area contributed by atoms with Crippen LogP contribution < -0.4 is 0 Å². The maximum Gasteiger partial charge on any atom is 0.123 e. The third-order valence-corrected chi connectivity index (χ3v) is 8.01. The Labute approximate surface area is 185 Å². The molecule has 2 aromatic rings. The van der Waals surface area contributed by atoms with Gasteiger partial charge in [-0.2, -0.15) is 11.8 Å².